The van der Waals surface area contributed by atoms with Crippen LogP contribution in [0, 0.1) is 0 Å². The highest BCUT2D eigenvalue weighted by molar-refractivity contribution is 7.99. The average Bonchev–Trinajstić information content (AvgIpc) is 2.78. The molecule has 2 rings (SSSR count). The quantitative estimate of drug-likeness (QED) is 0.817. The molecule has 0 spiro atoms. The van der Waals surface area contributed by atoms with Gasteiger partial charge in [0.2, 0.25) is 0 Å². The van der Waals surface area contributed by atoms with E-state index >= 15 is 0 Å². The number of nitrogens with one attached hydrogen (secondary N) is 1. The van der Waals surface area contributed by atoms with Crippen LogP contribution in [0.4, 0.5) is 0 Å². The van der Waals surface area contributed by atoms with Gasteiger partial charge in [-0.3, -0.25) is 0 Å². The van der Waals surface area contributed by atoms with Gasteiger partial charge in [-0.1, -0.05) is 13.3 Å². The first kappa shape index (κ1) is 13.7. The molecular formula is C14H27NOS. The van der Waals surface area contributed by atoms with Crippen molar-refractivity contribution in [1.82, 2.24) is 5.32 Å². The van der Waals surface area contributed by atoms with Crippen molar-refractivity contribution in [2.75, 3.05) is 12.9 Å². The van der Waals surface area contributed by atoms with Crippen molar-refractivity contribution in [3.63, 3.8) is 0 Å². The van der Waals surface area contributed by atoms with Gasteiger partial charge in [-0.25, -0.2) is 0 Å². The van der Waals surface area contributed by atoms with Gasteiger partial charge in [-0.15, -0.1) is 0 Å². The fourth-order valence-electron chi connectivity index (χ4n) is 3.19. The molecule has 1 N–H and O–H groups in total. The molecule has 1 aliphatic carbocycles. The van der Waals surface area contributed by atoms with E-state index in [1.165, 1.54) is 44.9 Å². The van der Waals surface area contributed by atoms with Crippen LogP contribution in [-0.2, 0) is 4.74 Å². The summed E-state index contributed by atoms with van der Waals surface area (Å²) in [5.41, 5.74) is 0. The summed E-state index contributed by atoms with van der Waals surface area (Å²) in [7, 11) is 0. The van der Waals surface area contributed by atoms with Gasteiger partial charge >= 0.3 is 0 Å². The Bertz CT molecular complexity index is 222. The van der Waals surface area contributed by atoms with Gasteiger partial charge < -0.3 is 10.1 Å². The molecular weight excluding hydrogens is 230 g/mol. The molecule has 0 aromatic heterocycles. The maximum atomic E-state index is 5.81. The van der Waals surface area contributed by atoms with Gasteiger partial charge in [0.1, 0.15) is 0 Å². The largest absolute Gasteiger partial charge is 0.378 e. The summed E-state index contributed by atoms with van der Waals surface area (Å²) in [5, 5.41) is 4.78. The monoisotopic (exact) mass is 257 g/mol. The van der Waals surface area contributed by atoms with Crippen LogP contribution in [0.2, 0.25) is 0 Å². The summed E-state index contributed by atoms with van der Waals surface area (Å²) in [4.78, 5) is 0. The topological polar surface area (TPSA) is 21.3 Å². The van der Waals surface area contributed by atoms with Gasteiger partial charge in [-0.2, -0.15) is 11.8 Å². The van der Waals surface area contributed by atoms with Crippen molar-refractivity contribution in [3.8, 4) is 0 Å². The summed E-state index contributed by atoms with van der Waals surface area (Å²) < 4.78 is 5.81. The standard InChI is InChI=1S/C14H27NOS/c1-3-4-13-9-12(7-8-16-13)15-11-5-6-14(10-11)17-2/h11-15H,3-10H2,1-2H3. The number of hydrogen-bond acceptors (Lipinski definition) is 3. The lowest BCUT2D eigenvalue weighted by atomic mass is 9.99. The minimum absolute atomic E-state index is 0.518. The highest BCUT2D eigenvalue weighted by Crippen LogP contribution is 2.29. The van der Waals surface area contributed by atoms with Gasteiger partial charge in [0.25, 0.3) is 0 Å². The van der Waals surface area contributed by atoms with Crippen LogP contribution in [0.25, 0.3) is 0 Å². The molecule has 100 valence electrons. The first-order chi connectivity index (χ1) is 8.31. The molecule has 2 aliphatic rings. The minimum Gasteiger partial charge on any atom is -0.378 e. The first-order valence-corrected chi connectivity index (χ1v) is 8.51. The second kappa shape index (κ2) is 7.01. The van der Waals surface area contributed by atoms with E-state index in [2.05, 4.69) is 18.5 Å². The molecule has 1 aliphatic heterocycles. The average molecular weight is 257 g/mol. The van der Waals surface area contributed by atoms with Crippen LogP contribution in [0.15, 0.2) is 0 Å². The maximum Gasteiger partial charge on any atom is 0.0589 e. The van der Waals surface area contributed by atoms with Crippen LogP contribution in [0.3, 0.4) is 0 Å². The molecule has 4 unspecified atom stereocenters. The van der Waals surface area contributed by atoms with Crippen LogP contribution in [0.5, 0.6) is 0 Å². The number of hydrogen-bond donors (Lipinski definition) is 1. The van der Waals surface area contributed by atoms with Crippen LogP contribution < -0.4 is 5.32 Å². The summed E-state index contributed by atoms with van der Waals surface area (Å²) in [5.74, 6) is 0. The molecule has 2 fully saturated rings. The van der Waals surface area contributed by atoms with Crippen molar-refractivity contribution in [3.05, 3.63) is 0 Å². The fraction of sp³-hybridized carbons (Fsp3) is 1.00. The van der Waals surface area contributed by atoms with Crippen molar-refractivity contribution in [2.45, 2.75) is 75.3 Å². The van der Waals surface area contributed by atoms with Crippen LogP contribution in [0.1, 0.15) is 51.9 Å². The highest BCUT2D eigenvalue weighted by atomic mass is 32.2. The zero-order chi connectivity index (χ0) is 12.1. The normalized spacial score (nSPS) is 38.5. The smallest absolute Gasteiger partial charge is 0.0589 e. The van der Waals surface area contributed by atoms with E-state index in [-0.39, 0.29) is 0 Å². The van der Waals surface area contributed by atoms with E-state index in [0.29, 0.717) is 12.1 Å². The van der Waals surface area contributed by atoms with Gasteiger partial charge in [0.05, 0.1) is 6.10 Å². The Balaban J connectivity index is 1.71. The summed E-state index contributed by atoms with van der Waals surface area (Å²) in [6.07, 6.45) is 11.8. The maximum absolute atomic E-state index is 5.81. The second-order valence-corrected chi connectivity index (χ2v) is 6.68. The van der Waals surface area contributed by atoms with Crippen molar-refractivity contribution < 1.29 is 4.74 Å². The van der Waals surface area contributed by atoms with E-state index in [1.54, 1.807) is 0 Å². The van der Waals surface area contributed by atoms with Crippen molar-refractivity contribution in [1.29, 1.82) is 0 Å². The Kier molecular flexibility index (Phi) is 5.64. The third-order valence-electron chi connectivity index (χ3n) is 4.17. The lowest BCUT2D eigenvalue weighted by Crippen LogP contribution is -2.43. The predicted molar refractivity (Wildman–Crippen MR) is 75.7 cm³/mol. The van der Waals surface area contributed by atoms with Crippen molar-refractivity contribution >= 4 is 11.8 Å². The Morgan fingerprint density at radius 2 is 2.00 bits per heavy atom. The second-order valence-electron chi connectivity index (χ2n) is 5.54. The summed E-state index contributed by atoms with van der Waals surface area (Å²) in [6.45, 7) is 3.21. The Hall–Kier alpha value is 0.270. The van der Waals surface area contributed by atoms with E-state index < -0.39 is 0 Å². The lowest BCUT2D eigenvalue weighted by Gasteiger charge is -2.32. The molecule has 0 radical (unpaired) electrons. The molecule has 1 saturated heterocycles. The molecule has 1 heterocycles. The molecule has 0 amide bonds. The van der Waals surface area contributed by atoms with Crippen LogP contribution in [-0.4, -0.2) is 36.3 Å². The molecule has 4 atom stereocenters. The zero-order valence-corrected chi connectivity index (χ0v) is 12.1. The summed E-state index contributed by atoms with van der Waals surface area (Å²) in [6, 6.07) is 1.49. The Labute approximate surface area is 110 Å². The van der Waals surface area contributed by atoms with Gasteiger partial charge in [0.15, 0.2) is 0 Å². The Morgan fingerprint density at radius 1 is 1.18 bits per heavy atom. The van der Waals surface area contributed by atoms with E-state index in [0.717, 1.165) is 17.9 Å². The molecule has 2 nitrogen and oxygen atoms in total. The lowest BCUT2D eigenvalue weighted by molar-refractivity contribution is -0.00486. The van der Waals surface area contributed by atoms with E-state index in [9.17, 15) is 0 Å². The highest BCUT2D eigenvalue weighted by Gasteiger charge is 2.28. The third kappa shape index (κ3) is 4.15. The molecule has 3 heteroatoms. The third-order valence-corrected chi connectivity index (χ3v) is 5.26. The SMILES string of the molecule is CCCC1CC(NC2CCC(SC)C2)CCO1. The number of ether oxygens (including phenoxy) is 1. The number of thioether (sulfide) groups is 1. The number of rotatable bonds is 5. The first-order valence-electron chi connectivity index (χ1n) is 7.22. The zero-order valence-electron chi connectivity index (χ0n) is 11.3. The van der Waals surface area contributed by atoms with Crippen LogP contribution >= 0.6 is 11.8 Å². The molecule has 17 heavy (non-hydrogen) atoms. The minimum atomic E-state index is 0.518. The molecule has 0 bridgehead atoms. The van der Waals surface area contributed by atoms with E-state index in [1.807, 2.05) is 11.8 Å². The predicted octanol–water partition coefficient (Wildman–Crippen LogP) is 3.21. The Morgan fingerprint density at radius 3 is 2.71 bits per heavy atom. The fourth-order valence-corrected chi connectivity index (χ4v) is 3.99. The van der Waals surface area contributed by atoms with Gasteiger partial charge in [0, 0.05) is 23.9 Å². The van der Waals surface area contributed by atoms with Gasteiger partial charge in [-0.05, 0) is 44.8 Å². The molecule has 0 aromatic rings. The van der Waals surface area contributed by atoms with E-state index in [4.69, 9.17) is 4.74 Å². The van der Waals surface area contributed by atoms with Crippen molar-refractivity contribution in [2.24, 2.45) is 0 Å². The summed E-state index contributed by atoms with van der Waals surface area (Å²) >= 11 is 2.04. The molecule has 0 aromatic carbocycles. The molecule has 1 saturated carbocycles.